The van der Waals surface area contributed by atoms with Gasteiger partial charge < -0.3 is 4.74 Å². The van der Waals surface area contributed by atoms with Crippen molar-refractivity contribution in [2.75, 3.05) is 0 Å². The lowest BCUT2D eigenvalue weighted by Gasteiger charge is -2.16. The number of nitrogens with zero attached hydrogens (tertiary/aromatic N) is 2. The molecule has 0 aliphatic rings. The lowest BCUT2D eigenvalue weighted by Crippen LogP contribution is -2.29. The average molecular weight is 298 g/mol. The summed E-state index contributed by atoms with van der Waals surface area (Å²) in [5.41, 5.74) is 4.29. The van der Waals surface area contributed by atoms with Gasteiger partial charge in [0.05, 0.1) is 12.2 Å². The van der Waals surface area contributed by atoms with E-state index >= 15 is 0 Å². The third kappa shape index (κ3) is 4.69. The number of halogens is 3. The lowest BCUT2D eigenvalue weighted by molar-refractivity contribution is -0.274. The number of nitrogens with one attached hydrogen (secondary N) is 1. The first-order valence-corrected chi connectivity index (χ1v) is 6.05. The number of rotatable bonds is 5. The highest BCUT2D eigenvalue weighted by Crippen LogP contribution is 2.24. The summed E-state index contributed by atoms with van der Waals surface area (Å²) in [6, 6.07) is 7.19. The summed E-state index contributed by atoms with van der Waals surface area (Å²) in [7, 11) is 0. The molecule has 0 spiro atoms. The number of hydrogen-bond donors (Lipinski definition) is 2. The van der Waals surface area contributed by atoms with Crippen LogP contribution in [0.1, 0.15) is 17.2 Å². The van der Waals surface area contributed by atoms with Gasteiger partial charge in [0.25, 0.3) is 0 Å². The molecule has 0 amide bonds. The molecule has 1 aromatic carbocycles. The maximum atomic E-state index is 12.1. The van der Waals surface area contributed by atoms with Crippen molar-refractivity contribution >= 4 is 0 Å². The zero-order valence-electron chi connectivity index (χ0n) is 10.8. The van der Waals surface area contributed by atoms with Gasteiger partial charge in [-0.3, -0.25) is 11.3 Å². The summed E-state index contributed by atoms with van der Waals surface area (Å²) in [6.07, 6.45) is -1.08. The molecule has 0 aliphatic carbocycles. The molecule has 0 saturated heterocycles. The van der Waals surface area contributed by atoms with Crippen LogP contribution in [0.4, 0.5) is 13.2 Å². The number of hydrogen-bond acceptors (Lipinski definition) is 5. The number of alkyl halides is 3. The van der Waals surface area contributed by atoms with Crippen molar-refractivity contribution < 1.29 is 17.9 Å². The Morgan fingerprint density at radius 1 is 1.14 bits per heavy atom. The maximum Gasteiger partial charge on any atom is 0.573 e. The van der Waals surface area contributed by atoms with Gasteiger partial charge in [0.2, 0.25) is 0 Å². The monoisotopic (exact) mass is 298 g/mol. The van der Waals surface area contributed by atoms with Gasteiger partial charge in [0.1, 0.15) is 5.75 Å². The first kappa shape index (κ1) is 15.2. The summed E-state index contributed by atoms with van der Waals surface area (Å²) in [5.74, 6) is 5.24. The number of ether oxygens (including phenoxy) is 1. The smallest absolute Gasteiger partial charge is 0.406 e. The predicted molar refractivity (Wildman–Crippen MR) is 68.9 cm³/mol. The second-order valence-corrected chi connectivity index (χ2v) is 4.29. The molecule has 112 valence electrons. The van der Waals surface area contributed by atoms with Crippen molar-refractivity contribution in [2.45, 2.75) is 18.8 Å². The van der Waals surface area contributed by atoms with E-state index in [9.17, 15) is 13.2 Å². The van der Waals surface area contributed by atoms with Crippen LogP contribution >= 0.6 is 0 Å². The van der Waals surface area contributed by atoms with E-state index in [4.69, 9.17) is 5.84 Å². The molecule has 3 N–H and O–H groups in total. The number of aromatic nitrogens is 2. The van der Waals surface area contributed by atoms with Crippen LogP contribution in [0.15, 0.2) is 42.7 Å². The van der Waals surface area contributed by atoms with Gasteiger partial charge in [-0.15, -0.1) is 13.2 Å². The minimum absolute atomic E-state index is 0.213. The standard InChI is InChI=1S/C13H13F3N4O/c14-13(15,16)21-11-3-1-9(2-4-11)7-12(20-17)10-5-6-18-19-8-10/h1-6,8,12,20H,7,17H2. The van der Waals surface area contributed by atoms with Crippen molar-refractivity contribution in [3.63, 3.8) is 0 Å². The first-order chi connectivity index (χ1) is 9.98. The van der Waals surface area contributed by atoms with E-state index < -0.39 is 6.36 Å². The Morgan fingerprint density at radius 2 is 1.86 bits per heavy atom. The molecule has 0 saturated carbocycles. The Kier molecular flexibility index (Phi) is 4.71. The molecule has 0 fully saturated rings. The summed E-state index contributed by atoms with van der Waals surface area (Å²) >= 11 is 0. The highest BCUT2D eigenvalue weighted by molar-refractivity contribution is 5.29. The molecule has 1 atom stereocenters. The largest absolute Gasteiger partial charge is 0.573 e. The number of hydrazine groups is 1. The van der Waals surface area contributed by atoms with E-state index in [0.717, 1.165) is 11.1 Å². The van der Waals surface area contributed by atoms with E-state index in [1.54, 1.807) is 30.6 Å². The van der Waals surface area contributed by atoms with Gasteiger partial charge in [-0.05, 0) is 35.7 Å². The molecular weight excluding hydrogens is 285 g/mol. The van der Waals surface area contributed by atoms with Gasteiger partial charge in [-0.1, -0.05) is 12.1 Å². The van der Waals surface area contributed by atoms with E-state index in [0.29, 0.717) is 6.42 Å². The minimum atomic E-state index is -4.69. The van der Waals surface area contributed by atoms with Crippen molar-refractivity contribution in [2.24, 2.45) is 5.84 Å². The van der Waals surface area contributed by atoms with E-state index in [1.807, 2.05) is 0 Å². The second-order valence-electron chi connectivity index (χ2n) is 4.29. The van der Waals surface area contributed by atoms with Gasteiger partial charge >= 0.3 is 6.36 Å². The van der Waals surface area contributed by atoms with Gasteiger partial charge in [-0.2, -0.15) is 10.2 Å². The molecule has 1 heterocycles. The molecular formula is C13H13F3N4O. The van der Waals surface area contributed by atoms with Crippen LogP contribution in [0.25, 0.3) is 0 Å². The summed E-state index contributed by atoms with van der Waals surface area (Å²) < 4.78 is 40.0. The molecule has 21 heavy (non-hydrogen) atoms. The van der Waals surface area contributed by atoms with E-state index in [1.165, 1.54) is 12.1 Å². The maximum absolute atomic E-state index is 12.1. The summed E-state index contributed by atoms with van der Waals surface area (Å²) in [6.45, 7) is 0. The Morgan fingerprint density at radius 3 is 2.38 bits per heavy atom. The molecule has 2 aromatic rings. The van der Waals surface area contributed by atoms with Crippen molar-refractivity contribution in [3.8, 4) is 5.75 Å². The first-order valence-electron chi connectivity index (χ1n) is 6.05. The second kappa shape index (κ2) is 6.51. The van der Waals surface area contributed by atoms with Crippen LogP contribution in [-0.2, 0) is 6.42 Å². The molecule has 1 unspecified atom stereocenters. The Hall–Kier alpha value is -2.19. The van der Waals surface area contributed by atoms with Gasteiger partial charge in [0, 0.05) is 6.20 Å². The predicted octanol–water partition coefficient (Wildman–Crippen LogP) is 2.12. The van der Waals surface area contributed by atoms with Crippen LogP contribution in [0, 0.1) is 0 Å². The fourth-order valence-electron chi connectivity index (χ4n) is 1.84. The molecule has 0 aliphatic heterocycles. The Balaban J connectivity index is 2.05. The highest BCUT2D eigenvalue weighted by Gasteiger charge is 2.30. The van der Waals surface area contributed by atoms with Crippen LogP contribution < -0.4 is 16.0 Å². The average Bonchev–Trinajstić information content (AvgIpc) is 2.46. The summed E-state index contributed by atoms with van der Waals surface area (Å²) in [4.78, 5) is 0. The fourth-order valence-corrected chi connectivity index (χ4v) is 1.84. The molecule has 1 aromatic heterocycles. The number of benzene rings is 1. The van der Waals surface area contributed by atoms with Crippen LogP contribution in [0.3, 0.4) is 0 Å². The van der Waals surface area contributed by atoms with Crippen molar-refractivity contribution in [1.29, 1.82) is 0 Å². The van der Waals surface area contributed by atoms with Crippen molar-refractivity contribution in [3.05, 3.63) is 53.9 Å². The fraction of sp³-hybridized carbons (Fsp3) is 0.231. The number of nitrogens with two attached hydrogens (primary N) is 1. The Labute approximate surface area is 118 Å². The minimum Gasteiger partial charge on any atom is -0.406 e. The van der Waals surface area contributed by atoms with Crippen molar-refractivity contribution in [1.82, 2.24) is 15.6 Å². The zero-order valence-corrected chi connectivity index (χ0v) is 10.8. The quantitative estimate of drug-likeness (QED) is 0.653. The summed E-state index contributed by atoms with van der Waals surface area (Å²) in [5, 5.41) is 7.43. The van der Waals surface area contributed by atoms with Crippen LogP contribution in [-0.4, -0.2) is 16.6 Å². The normalized spacial score (nSPS) is 13.0. The third-order valence-corrected chi connectivity index (χ3v) is 2.81. The zero-order chi connectivity index (χ0) is 15.3. The lowest BCUT2D eigenvalue weighted by atomic mass is 10.0. The molecule has 5 nitrogen and oxygen atoms in total. The van der Waals surface area contributed by atoms with E-state index in [-0.39, 0.29) is 11.8 Å². The van der Waals surface area contributed by atoms with Gasteiger partial charge in [-0.25, -0.2) is 0 Å². The van der Waals surface area contributed by atoms with Crippen LogP contribution in [0.5, 0.6) is 5.75 Å². The highest BCUT2D eigenvalue weighted by atomic mass is 19.4. The SMILES string of the molecule is NNC(Cc1ccc(OC(F)(F)F)cc1)c1ccnnc1. The molecule has 0 bridgehead atoms. The third-order valence-electron chi connectivity index (χ3n) is 2.81. The van der Waals surface area contributed by atoms with Gasteiger partial charge in [0.15, 0.2) is 0 Å². The Bertz CT molecular complexity index is 560. The molecule has 0 radical (unpaired) electrons. The molecule has 2 rings (SSSR count). The molecule has 8 heteroatoms. The van der Waals surface area contributed by atoms with E-state index in [2.05, 4.69) is 20.4 Å². The topological polar surface area (TPSA) is 73.1 Å². The van der Waals surface area contributed by atoms with Crippen LogP contribution in [0.2, 0.25) is 0 Å².